The summed E-state index contributed by atoms with van der Waals surface area (Å²) in [5.41, 5.74) is 3.05. The number of aryl methyl sites for hydroxylation is 1. The molecule has 0 saturated carbocycles. The van der Waals surface area contributed by atoms with Gasteiger partial charge in [0, 0.05) is 12.2 Å². The van der Waals surface area contributed by atoms with Crippen LogP contribution in [0.15, 0.2) is 66.7 Å². The van der Waals surface area contributed by atoms with Crippen LogP contribution in [0.4, 0.5) is 16.2 Å². The van der Waals surface area contributed by atoms with Crippen LogP contribution in [0.1, 0.15) is 34.3 Å². The van der Waals surface area contributed by atoms with E-state index in [2.05, 4.69) is 10.6 Å². The van der Waals surface area contributed by atoms with Gasteiger partial charge in [0.15, 0.2) is 0 Å². The molecule has 3 aromatic rings. The second kappa shape index (κ2) is 11.8. The zero-order valence-electron chi connectivity index (χ0n) is 20.4. The molecule has 9 heteroatoms. The molecule has 1 aliphatic rings. The lowest BCUT2D eigenvalue weighted by Crippen LogP contribution is -2.39. The van der Waals surface area contributed by atoms with E-state index in [4.69, 9.17) is 21.4 Å². The van der Waals surface area contributed by atoms with Gasteiger partial charge in [0.1, 0.15) is 12.4 Å². The number of halogens is 1. The fraction of sp³-hybridized carbons (Fsp3) is 0.250. The van der Waals surface area contributed by atoms with Crippen LogP contribution in [0.3, 0.4) is 0 Å². The second-order valence-corrected chi connectivity index (χ2v) is 9.32. The van der Waals surface area contributed by atoms with Crippen molar-refractivity contribution in [1.29, 1.82) is 0 Å². The number of amides is 3. The molecule has 3 N–H and O–H groups in total. The topological polar surface area (TPSA) is 108 Å². The molecule has 37 heavy (non-hydrogen) atoms. The number of carboxylic acids is 1. The first-order valence-electron chi connectivity index (χ1n) is 12.0. The number of urea groups is 1. The molecule has 3 aromatic carbocycles. The number of benzene rings is 3. The Morgan fingerprint density at radius 2 is 1.76 bits per heavy atom. The number of carbonyl (C=O) groups is 3. The lowest BCUT2D eigenvalue weighted by Gasteiger charge is -2.25. The highest BCUT2D eigenvalue weighted by molar-refractivity contribution is 6.33. The Kier molecular flexibility index (Phi) is 8.30. The molecular formula is C28H28ClN3O5. The lowest BCUT2D eigenvalue weighted by atomic mass is 10.1. The maximum atomic E-state index is 13.1. The van der Waals surface area contributed by atoms with Crippen molar-refractivity contribution in [3.63, 3.8) is 0 Å². The lowest BCUT2D eigenvalue weighted by molar-refractivity contribution is -0.131. The van der Waals surface area contributed by atoms with Crippen molar-refractivity contribution in [2.45, 2.75) is 32.2 Å². The maximum absolute atomic E-state index is 13.1. The number of ether oxygens (including phenoxy) is 1. The van der Waals surface area contributed by atoms with Crippen molar-refractivity contribution in [2.24, 2.45) is 0 Å². The van der Waals surface area contributed by atoms with E-state index in [1.54, 1.807) is 42.5 Å². The summed E-state index contributed by atoms with van der Waals surface area (Å²) in [5, 5.41) is 15.0. The number of aromatic carboxylic acids is 1. The summed E-state index contributed by atoms with van der Waals surface area (Å²) in [6.07, 6.45) is 2.00. The van der Waals surface area contributed by atoms with E-state index in [-0.39, 0.29) is 23.9 Å². The van der Waals surface area contributed by atoms with Gasteiger partial charge in [-0.1, -0.05) is 35.9 Å². The number of likely N-dealkylation sites (tertiary alicyclic amines) is 1. The highest BCUT2D eigenvalue weighted by Gasteiger charge is 2.29. The normalized spacial score (nSPS) is 14.8. The Morgan fingerprint density at radius 3 is 2.46 bits per heavy atom. The SMILES string of the molecule is Cc1cc(CC(=O)N2CCC[C@H]2COc2ccc(C(=O)O)cc2)ccc1NC(=O)Nc1ccccc1Cl. The van der Waals surface area contributed by atoms with E-state index >= 15 is 0 Å². The molecule has 8 nitrogen and oxygen atoms in total. The molecule has 3 amide bonds. The molecule has 1 atom stereocenters. The first kappa shape index (κ1) is 26.0. The summed E-state index contributed by atoms with van der Waals surface area (Å²) < 4.78 is 5.84. The van der Waals surface area contributed by atoms with Crippen molar-refractivity contribution >= 4 is 40.9 Å². The van der Waals surface area contributed by atoms with Gasteiger partial charge in [-0.05, 0) is 73.4 Å². The third kappa shape index (κ3) is 6.80. The van der Waals surface area contributed by atoms with Gasteiger partial charge in [0.05, 0.1) is 28.7 Å². The monoisotopic (exact) mass is 521 g/mol. The van der Waals surface area contributed by atoms with Crippen LogP contribution < -0.4 is 15.4 Å². The van der Waals surface area contributed by atoms with Gasteiger partial charge in [-0.25, -0.2) is 9.59 Å². The number of anilines is 2. The van der Waals surface area contributed by atoms with Gasteiger partial charge in [0.2, 0.25) is 5.91 Å². The molecule has 0 radical (unpaired) electrons. The molecule has 4 rings (SSSR count). The zero-order valence-corrected chi connectivity index (χ0v) is 21.1. The van der Waals surface area contributed by atoms with Crippen LogP contribution in [0, 0.1) is 6.92 Å². The van der Waals surface area contributed by atoms with E-state index < -0.39 is 12.0 Å². The predicted molar refractivity (Wildman–Crippen MR) is 143 cm³/mol. The first-order chi connectivity index (χ1) is 17.8. The van der Waals surface area contributed by atoms with Crippen LogP contribution >= 0.6 is 11.6 Å². The van der Waals surface area contributed by atoms with Gasteiger partial charge in [-0.15, -0.1) is 0 Å². The van der Waals surface area contributed by atoms with E-state index in [1.807, 2.05) is 24.0 Å². The van der Waals surface area contributed by atoms with Crippen LogP contribution in [0.5, 0.6) is 5.75 Å². The zero-order chi connectivity index (χ0) is 26.4. The average molecular weight is 522 g/mol. The second-order valence-electron chi connectivity index (χ2n) is 8.91. The predicted octanol–water partition coefficient (Wildman–Crippen LogP) is 5.60. The molecule has 0 unspecified atom stereocenters. The Labute approximate surface area is 220 Å². The molecule has 192 valence electrons. The first-order valence-corrected chi connectivity index (χ1v) is 12.4. The summed E-state index contributed by atoms with van der Waals surface area (Å²) in [7, 11) is 0. The van der Waals surface area contributed by atoms with E-state index in [9.17, 15) is 14.4 Å². The smallest absolute Gasteiger partial charge is 0.335 e. The number of nitrogens with zero attached hydrogens (tertiary/aromatic N) is 1. The number of rotatable bonds is 8. The summed E-state index contributed by atoms with van der Waals surface area (Å²) in [6, 6.07) is 18.3. The summed E-state index contributed by atoms with van der Waals surface area (Å²) in [6.45, 7) is 2.90. The van der Waals surface area contributed by atoms with Gasteiger partial charge in [0.25, 0.3) is 0 Å². The molecule has 0 bridgehead atoms. The number of para-hydroxylation sites is 1. The largest absolute Gasteiger partial charge is 0.491 e. The van der Waals surface area contributed by atoms with Crippen molar-refractivity contribution in [3.05, 3.63) is 88.4 Å². The third-order valence-corrected chi connectivity index (χ3v) is 6.59. The minimum Gasteiger partial charge on any atom is -0.491 e. The molecule has 1 fully saturated rings. The minimum atomic E-state index is -0.987. The van der Waals surface area contributed by atoms with E-state index in [1.165, 1.54) is 12.1 Å². The van der Waals surface area contributed by atoms with Gasteiger partial charge in [-0.3, -0.25) is 4.79 Å². The van der Waals surface area contributed by atoms with Crippen molar-refractivity contribution in [1.82, 2.24) is 4.90 Å². The van der Waals surface area contributed by atoms with E-state index in [0.29, 0.717) is 35.3 Å². The molecule has 1 aliphatic heterocycles. The fourth-order valence-electron chi connectivity index (χ4n) is 4.31. The van der Waals surface area contributed by atoms with Crippen LogP contribution in [-0.2, 0) is 11.2 Å². The fourth-order valence-corrected chi connectivity index (χ4v) is 4.50. The van der Waals surface area contributed by atoms with E-state index in [0.717, 1.165) is 24.0 Å². The van der Waals surface area contributed by atoms with Gasteiger partial charge < -0.3 is 25.4 Å². The minimum absolute atomic E-state index is 0.0175. The standard InChI is InChI=1S/C28H28ClN3O5/c1-18-15-19(8-13-24(18)30-28(36)31-25-7-3-2-6-23(25)29)16-26(33)32-14-4-5-21(32)17-37-22-11-9-20(10-12-22)27(34)35/h2-3,6-13,15,21H,4-5,14,16-17H2,1H3,(H,34,35)(H2,30,31,36)/t21-/m0/s1. The number of hydrogen-bond acceptors (Lipinski definition) is 4. The van der Waals surface area contributed by atoms with Crippen LogP contribution in [0.2, 0.25) is 5.02 Å². The van der Waals surface area contributed by atoms with Crippen molar-refractivity contribution in [3.8, 4) is 5.75 Å². The molecule has 1 heterocycles. The van der Waals surface area contributed by atoms with Crippen LogP contribution in [0.25, 0.3) is 0 Å². The highest BCUT2D eigenvalue weighted by atomic mass is 35.5. The number of nitrogens with one attached hydrogen (secondary N) is 2. The summed E-state index contributed by atoms with van der Waals surface area (Å²) in [4.78, 5) is 38.3. The molecule has 0 aliphatic carbocycles. The Bertz CT molecular complexity index is 1300. The Balaban J connectivity index is 1.31. The average Bonchev–Trinajstić information content (AvgIpc) is 3.35. The number of hydrogen-bond donors (Lipinski definition) is 3. The van der Waals surface area contributed by atoms with Crippen molar-refractivity contribution < 1.29 is 24.2 Å². The Hall–Kier alpha value is -4.04. The number of carboxylic acid groups (broad SMARTS) is 1. The maximum Gasteiger partial charge on any atom is 0.335 e. The quantitative estimate of drug-likeness (QED) is 0.357. The van der Waals surface area contributed by atoms with Crippen LogP contribution in [-0.4, -0.2) is 47.1 Å². The number of carbonyl (C=O) groups excluding carboxylic acids is 2. The third-order valence-electron chi connectivity index (χ3n) is 6.26. The molecule has 0 spiro atoms. The summed E-state index contributed by atoms with van der Waals surface area (Å²) in [5.74, 6) is -0.399. The Morgan fingerprint density at radius 1 is 1.03 bits per heavy atom. The molecule has 0 aromatic heterocycles. The van der Waals surface area contributed by atoms with Crippen molar-refractivity contribution in [2.75, 3.05) is 23.8 Å². The highest BCUT2D eigenvalue weighted by Crippen LogP contribution is 2.24. The van der Waals surface area contributed by atoms with Gasteiger partial charge >= 0.3 is 12.0 Å². The molecular weight excluding hydrogens is 494 g/mol. The van der Waals surface area contributed by atoms with Gasteiger partial charge in [-0.2, -0.15) is 0 Å². The summed E-state index contributed by atoms with van der Waals surface area (Å²) >= 11 is 6.10. The molecule has 1 saturated heterocycles.